The van der Waals surface area contributed by atoms with E-state index in [1.165, 1.54) is 37.7 Å². The third-order valence-corrected chi connectivity index (χ3v) is 5.49. The number of rotatable bonds is 6. The maximum absolute atomic E-state index is 3.94. The highest BCUT2D eigenvalue weighted by atomic mass is 32.2. The fourth-order valence-electron chi connectivity index (χ4n) is 3.21. The smallest absolute Gasteiger partial charge is 0.0325 e. The molecule has 0 bridgehead atoms. The third kappa shape index (κ3) is 4.82. The lowest BCUT2D eigenvalue weighted by Gasteiger charge is -2.32. The Labute approximate surface area is 128 Å². The van der Waals surface area contributed by atoms with Gasteiger partial charge in [0.2, 0.25) is 0 Å². The number of hydrogen-bond donors (Lipinski definition) is 1. The van der Waals surface area contributed by atoms with Crippen molar-refractivity contribution in [3.63, 3.8) is 0 Å². The van der Waals surface area contributed by atoms with Crippen molar-refractivity contribution < 1.29 is 0 Å². The van der Waals surface area contributed by atoms with Crippen molar-refractivity contribution in [2.24, 2.45) is 5.92 Å². The number of hydrogen-bond acceptors (Lipinski definition) is 2. The van der Waals surface area contributed by atoms with Crippen LogP contribution < -0.4 is 5.32 Å². The molecule has 0 aliphatic heterocycles. The lowest BCUT2D eigenvalue weighted by atomic mass is 9.91. The zero-order valence-corrected chi connectivity index (χ0v) is 14.0. The van der Waals surface area contributed by atoms with E-state index in [-0.39, 0.29) is 0 Å². The maximum Gasteiger partial charge on any atom is 0.0325 e. The molecule has 112 valence electrons. The summed E-state index contributed by atoms with van der Waals surface area (Å²) in [6.07, 6.45) is 8.92. The van der Waals surface area contributed by atoms with Gasteiger partial charge in [-0.2, -0.15) is 11.8 Å². The van der Waals surface area contributed by atoms with Crippen molar-refractivity contribution in [1.82, 2.24) is 5.32 Å². The fourth-order valence-corrected chi connectivity index (χ4v) is 3.95. The summed E-state index contributed by atoms with van der Waals surface area (Å²) in [6.45, 7) is 4.64. The second-order valence-corrected chi connectivity index (χ2v) is 7.61. The van der Waals surface area contributed by atoms with Crippen LogP contribution in [0.25, 0.3) is 0 Å². The molecule has 0 saturated heterocycles. The first-order chi connectivity index (χ1) is 9.69. The van der Waals surface area contributed by atoms with Gasteiger partial charge in [0.15, 0.2) is 0 Å². The van der Waals surface area contributed by atoms with Crippen molar-refractivity contribution in [3.05, 3.63) is 35.9 Å². The number of thioether (sulfide) groups is 1. The number of benzene rings is 1. The molecule has 1 saturated carbocycles. The van der Waals surface area contributed by atoms with Crippen molar-refractivity contribution in [2.45, 2.75) is 63.3 Å². The van der Waals surface area contributed by atoms with Crippen LogP contribution >= 0.6 is 11.8 Å². The molecule has 0 radical (unpaired) electrons. The molecule has 1 N–H and O–H groups in total. The minimum absolute atomic E-state index is 0.520. The van der Waals surface area contributed by atoms with E-state index in [2.05, 4.69) is 55.8 Å². The molecular weight excluding hydrogens is 262 g/mol. The molecule has 1 fully saturated rings. The topological polar surface area (TPSA) is 12.0 Å². The minimum Gasteiger partial charge on any atom is -0.307 e. The van der Waals surface area contributed by atoms with Crippen molar-refractivity contribution in [3.8, 4) is 0 Å². The highest BCUT2D eigenvalue weighted by molar-refractivity contribution is 7.99. The van der Waals surface area contributed by atoms with E-state index >= 15 is 0 Å². The van der Waals surface area contributed by atoms with Crippen molar-refractivity contribution in [1.29, 1.82) is 0 Å². The standard InChI is InChI=1S/C18H29NS/c1-14(2)13-18(15-7-5-4-6-8-15)19-16-9-11-17(20-3)12-10-16/h4-8,14,16-19H,9-13H2,1-3H3. The molecule has 1 aromatic carbocycles. The molecular formula is C18H29NS. The van der Waals surface area contributed by atoms with Crippen LogP contribution in [0.3, 0.4) is 0 Å². The van der Waals surface area contributed by atoms with Crippen molar-refractivity contribution in [2.75, 3.05) is 6.26 Å². The van der Waals surface area contributed by atoms with Crippen LogP contribution in [0.1, 0.15) is 57.6 Å². The van der Waals surface area contributed by atoms with Gasteiger partial charge in [-0.15, -0.1) is 0 Å². The normalized spacial score (nSPS) is 24.8. The summed E-state index contributed by atoms with van der Waals surface area (Å²) < 4.78 is 0. The summed E-state index contributed by atoms with van der Waals surface area (Å²) in [6, 6.07) is 12.2. The molecule has 1 unspecified atom stereocenters. The highest BCUT2D eigenvalue weighted by Crippen LogP contribution is 2.29. The van der Waals surface area contributed by atoms with Gasteiger partial charge < -0.3 is 5.32 Å². The van der Waals surface area contributed by atoms with Crippen LogP contribution in [0.5, 0.6) is 0 Å². The highest BCUT2D eigenvalue weighted by Gasteiger charge is 2.23. The van der Waals surface area contributed by atoms with E-state index in [0.29, 0.717) is 12.1 Å². The molecule has 1 nitrogen and oxygen atoms in total. The Bertz CT molecular complexity index is 368. The predicted octanol–water partition coefficient (Wildman–Crippen LogP) is 5.04. The Kier molecular flexibility index (Phi) is 6.44. The Balaban J connectivity index is 1.95. The summed E-state index contributed by atoms with van der Waals surface area (Å²) in [5, 5.41) is 4.84. The summed E-state index contributed by atoms with van der Waals surface area (Å²) in [7, 11) is 0. The second-order valence-electron chi connectivity index (χ2n) is 6.47. The van der Waals surface area contributed by atoms with Gasteiger partial charge in [-0.25, -0.2) is 0 Å². The van der Waals surface area contributed by atoms with Crippen LogP contribution in [-0.2, 0) is 0 Å². The van der Waals surface area contributed by atoms with Crippen LogP contribution in [0.2, 0.25) is 0 Å². The van der Waals surface area contributed by atoms with Gasteiger partial charge >= 0.3 is 0 Å². The van der Waals surface area contributed by atoms with E-state index in [9.17, 15) is 0 Å². The lowest BCUT2D eigenvalue weighted by Crippen LogP contribution is -2.37. The molecule has 0 spiro atoms. The quantitative estimate of drug-likeness (QED) is 0.788. The Hall–Kier alpha value is -0.470. The van der Waals surface area contributed by atoms with Crippen LogP contribution in [-0.4, -0.2) is 17.5 Å². The fraction of sp³-hybridized carbons (Fsp3) is 0.667. The van der Waals surface area contributed by atoms with Gasteiger partial charge in [-0.1, -0.05) is 44.2 Å². The Morgan fingerprint density at radius 2 is 1.75 bits per heavy atom. The second kappa shape index (κ2) is 8.09. The molecule has 1 atom stereocenters. The molecule has 2 rings (SSSR count). The van der Waals surface area contributed by atoms with Gasteiger partial charge in [0.1, 0.15) is 0 Å². The van der Waals surface area contributed by atoms with E-state index in [4.69, 9.17) is 0 Å². The van der Waals surface area contributed by atoms with Crippen LogP contribution in [0, 0.1) is 5.92 Å². The maximum atomic E-state index is 3.94. The van der Waals surface area contributed by atoms with Gasteiger partial charge in [-0.3, -0.25) is 0 Å². The first-order valence-corrected chi connectivity index (χ1v) is 9.31. The average Bonchev–Trinajstić information content (AvgIpc) is 2.48. The van der Waals surface area contributed by atoms with Crippen LogP contribution in [0.15, 0.2) is 30.3 Å². The monoisotopic (exact) mass is 291 g/mol. The predicted molar refractivity (Wildman–Crippen MR) is 91.3 cm³/mol. The van der Waals surface area contributed by atoms with Gasteiger partial charge in [0, 0.05) is 17.3 Å². The molecule has 2 heteroatoms. The Morgan fingerprint density at radius 3 is 2.30 bits per heavy atom. The summed E-state index contributed by atoms with van der Waals surface area (Å²) in [5.41, 5.74) is 1.45. The average molecular weight is 292 g/mol. The number of nitrogens with one attached hydrogen (secondary N) is 1. The first-order valence-electron chi connectivity index (χ1n) is 8.02. The summed E-state index contributed by atoms with van der Waals surface area (Å²) in [5.74, 6) is 0.732. The van der Waals surface area contributed by atoms with E-state index in [0.717, 1.165) is 11.2 Å². The third-order valence-electron chi connectivity index (χ3n) is 4.35. The molecule has 1 aliphatic carbocycles. The van der Waals surface area contributed by atoms with E-state index in [1.54, 1.807) is 0 Å². The van der Waals surface area contributed by atoms with Gasteiger partial charge in [-0.05, 0) is 49.8 Å². The zero-order valence-electron chi connectivity index (χ0n) is 13.1. The molecule has 0 amide bonds. The van der Waals surface area contributed by atoms with E-state index in [1.807, 2.05) is 11.8 Å². The molecule has 0 aromatic heterocycles. The minimum atomic E-state index is 0.520. The summed E-state index contributed by atoms with van der Waals surface area (Å²) >= 11 is 2.05. The molecule has 1 aromatic rings. The molecule has 1 aliphatic rings. The largest absolute Gasteiger partial charge is 0.307 e. The van der Waals surface area contributed by atoms with Crippen LogP contribution in [0.4, 0.5) is 0 Å². The van der Waals surface area contributed by atoms with Crippen molar-refractivity contribution >= 4 is 11.8 Å². The zero-order chi connectivity index (χ0) is 14.4. The first kappa shape index (κ1) is 15.9. The van der Waals surface area contributed by atoms with Gasteiger partial charge in [0.25, 0.3) is 0 Å². The Morgan fingerprint density at radius 1 is 1.10 bits per heavy atom. The molecule has 0 heterocycles. The van der Waals surface area contributed by atoms with Gasteiger partial charge in [0.05, 0.1) is 0 Å². The van der Waals surface area contributed by atoms with E-state index < -0.39 is 0 Å². The summed E-state index contributed by atoms with van der Waals surface area (Å²) in [4.78, 5) is 0. The lowest BCUT2D eigenvalue weighted by molar-refractivity contribution is 0.318. The molecule has 20 heavy (non-hydrogen) atoms. The SMILES string of the molecule is CSC1CCC(NC(CC(C)C)c2ccccc2)CC1.